The molecule has 0 aromatic carbocycles. The molecule has 0 spiro atoms. The molecule has 0 saturated heterocycles. The minimum Gasteiger partial charge on any atom is -0.338 e. The van der Waals surface area contributed by atoms with Gasteiger partial charge in [-0.1, -0.05) is 32.6 Å². The van der Waals surface area contributed by atoms with Crippen LogP contribution >= 0.6 is 0 Å². The van der Waals surface area contributed by atoms with Crippen molar-refractivity contribution in [1.29, 1.82) is 0 Å². The lowest BCUT2D eigenvalue weighted by atomic mass is 9.87. The van der Waals surface area contributed by atoms with Gasteiger partial charge in [0.1, 0.15) is 0 Å². The lowest BCUT2D eigenvalue weighted by Crippen LogP contribution is -2.43. The minimum atomic E-state index is -0.0452. The van der Waals surface area contributed by atoms with Crippen LogP contribution in [0.1, 0.15) is 43.6 Å². The lowest BCUT2D eigenvalue weighted by molar-refractivity contribution is 0.0629. The van der Waals surface area contributed by atoms with Gasteiger partial charge in [0.2, 0.25) is 0 Å². The Kier molecular flexibility index (Phi) is 5.29. The Morgan fingerprint density at radius 1 is 1.50 bits per heavy atom. The molecule has 1 atom stereocenters. The Morgan fingerprint density at radius 2 is 2.15 bits per heavy atom. The van der Waals surface area contributed by atoms with Crippen molar-refractivity contribution >= 4 is 5.91 Å². The van der Waals surface area contributed by atoms with E-state index >= 15 is 0 Å². The standard InChI is InChI=1S/C16H23N3O/c1-12(16(2,3)4)19(5)15(20)14-8-10-18-11-13(14)7-6-9-17/h8,10-12H,9,17H2,1-5H3. The first kappa shape index (κ1) is 16.2. The molecule has 1 amide bonds. The lowest BCUT2D eigenvalue weighted by Gasteiger charge is -2.35. The van der Waals surface area contributed by atoms with E-state index in [1.54, 1.807) is 23.4 Å². The van der Waals surface area contributed by atoms with E-state index in [1.807, 2.05) is 14.0 Å². The number of nitrogens with zero attached hydrogens (tertiary/aromatic N) is 2. The third-order valence-electron chi connectivity index (χ3n) is 3.53. The molecule has 108 valence electrons. The van der Waals surface area contributed by atoms with Gasteiger partial charge in [-0.05, 0) is 18.4 Å². The predicted molar refractivity (Wildman–Crippen MR) is 81.2 cm³/mol. The summed E-state index contributed by atoms with van der Waals surface area (Å²) in [6.45, 7) is 8.65. The van der Waals surface area contributed by atoms with E-state index in [0.29, 0.717) is 11.1 Å². The Hall–Kier alpha value is -1.86. The number of carbonyl (C=O) groups excluding carboxylic acids is 1. The van der Waals surface area contributed by atoms with Crippen LogP contribution in [0.15, 0.2) is 18.5 Å². The summed E-state index contributed by atoms with van der Waals surface area (Å²) in [5.74, 6) is 5.62. The molecule has 1 rings (SSSR count). The van der Waals surface area contributed by atoms with Crippen molar-refractivity contribution in [3.8, 4) is 11.8 Å². The second kappa shape index (κ2) is 6.53. The van der Waals surface area contributed by atoms with Crippen LogP contribution in [0, 0.1) is 17.3 Å². The number of pyridine rings is 1. The molecular weight excluding hydrogens is 250 g/mol. The quantitative estimate of drug-likeness (QED) is 0.837. The van der Waals surface area contributed by atoms with Gasteiger partial charge >= 0.3 is 0 Å². The summed E-state index contributed by atoms with van der Waals surface area (Å²) in [7, 11) is 1.82. The van der Waals surface area contributed by atoms with Crippen molar-refractivity contribution < 1.29 is 4.79 Å². The molecule has 4 nitrogen and oxygen atoms in total. The van der Waals surface area contributed by atoms with Gasteiger partial charge in [0.05, 0.1) is 17.7 Å². The first-order chi connectivity index (χ1) is 9.29. The Balaban J connectivity index is 3.09. The first-order valence-corrected chi connectivity index (χ1v) is 6.69. The number of hydrogen-bond acceptors (Lipinski definition) is 3. The summed E-state index contributed by atoms with van der Waals surface area (Å²) < 4.78 is 0. The molecule has 1 unspecified atom stereocenters. The Bertz CT molecular complexity index is 535. The number of aromatic nitrogens is 1. The zero-order valence-corrected chi connectivity index (χ0v) is 12.9. The molecular formula is C16H23N3O. The molecule has 4 heteroatoms. The monoisotopic (exact) mass is 273 g/mol. The summed E-state index contributed by atoms with van der Waals surface area (Å²) in [4.78, 5) is 18.4. The second-order valence-electron chi connectivity index (χ2n) is 5.89. The van der Waals surface area contributed by atoms with Gasteiger partial charge in [-0.3, -0.25) is 9.78 Å². The maximum Gasteiger partial charge on any atom is 0.255 e. The molecule has 0 bridgehead atoms. The maximum absolute atomic E-state index is 12.6. The molecule has 0 fully saturated rings. The van der Waals surface area contributed by atoms with Crippen LogP contribution in [0.5, 0.6) is 0 Å². The molecule has 0 aliphatic carbocycles. The number of hydrogen-bond donors (Lipinski definition) is 1. The third-order valence-corrected chi connectivity index (χ3v) is 3.53. The van der Waals surface area contributed by atoms with Gasteiger partial charge < -0.3 is 10.6 Å². The number of amides is 1. The highest BCUT2D eigenvalue weighted by atomic mass is 16.2. The fourth-order valence-electron chi connectivity index (χ4n) is 1.77. The molecule has 0 saturated carbocycles. The van der Waals surface area contributed by atoms with E-state index < -0.39 is 0 Å². The summed E-state index contributed by atoms with van der Waals surface area (Å²) in [5.41, 5.74) is 6.58. The predicted octanol–water partition coefficient (Wildman–Crippen LogP) is 1.90. The summed E-state index contributed by atoms with van der Waals surface area (Å²) in [6.07, 6.45) is 3.21. The number of rotatable bonds is 2. The van der Waals surface area contributed by atoms with E-state index in [9.17, 15) is 4.79 Å². The van der Waals surface area contributed by atoms with Gasteiger partial charge in [-0.2, -0.15) is 0 Å². The maximum atomic E-state index is 12.6. The molecule has 2 N–H and O–H groups in total. The number of nitrogens with two attached hydrogens (primary N) is 1. The van der Waals surface area contributed by atoms with E-state index in [0.717, 1.165) is 0 Å². The SMILES string of the molecule is CC(N(C)C(=O)c1ccncc1C#CCN)C(C)(C)C. The average molecular weight is 273 g/mol. The van der Waals surface area contributed by atoms with Crippen molar-refractivity contribution in [2.24, 2.45) is 11.1 Å². The average Bonchev–Trinajstić information content (AvgIpc) is 2.42. The summed E-state index contributed by atoms with van der Waals surface area (Å²) in [6, 6.07) is 1.81. The van der Waals surface area contributed by atoms with Crippen molar-refractivity contribution in [3.05, 3.63) is 29.6 Å². The smallest absolute Gasteiger partial charge is 0.255 e. The van der Waals surface area contributed by atoms with Crippen LogP contribution in [0.4, 0.5) is 0 Å². The highest BCUT2D eigenvalue weighted by Gasteiger charge is 2.28. The van der Waals surface area contributed by atoms with Crippen molar-refractivity contribution in [2.45, 2.75) is 33.7 Å². The molecule has 1 heterocycles. The fourth-order valence-corrected chi connectivity index (χ4v) is 1.77. The highest BCUT2D eigenvalue weighted by Crippen LogP contribution is 2.24. The zero-order chi connectivity index (χ0) is 15.3. The second-order valence-corrected chi connectivity index (χ2v) is 5.89. The highest BCUT2D eigenvalue weighted by molar-refractivity contribution is 5.96. The van der Waals surface area contributed by atoms with E-state index in [-0.39, 0.29) is 23.9 Å². The van der Waals surface area contributed by atoms with Crippen LogP contribution in [0.3, 0.4) is 0 Å². The largest absolute Gasteiger partial charge is 0.338 e. The van der Waals surface area contributed by atoms with E-state index in [1.165, 1.54) is 0 Å². The van der Waals surface area contributed by atoms with Crippen LogP contribution < -0.4 is 5.73 Å². The first-order valence-electron chi connectivity index (χ1n) is 6.69. The molecule has 0 aliphatic heterocycles. The Labute approximate surface area is 121 Å². The van der Waals surface area contributed by atoms with Gasteiger partial charge in [0.15, 0.2) is 0 Å². The van der Waals surface area contributed by atoms with Gasteiger partial charge in [0.25, 0.3) is 5.91 Å². The van der Waals surface area contributed by atoms with Crippen LogP contribution in [-0.4, -0.2) is 35.4 Å². The molecule has 0 radical (unpaired) electrons. The van der Waals surface area contributed by atoms with Gasteiger partial charge in [-0.25, -0.2) is 0 Å². The van der Waals surface area contributed by atoms with Gasteiger partial charge in [0, 0.05) is 25.5 Å². The van der Waals surface area contributed by atoms with Gasteiger partial charge in [-0.15, -0.1) is 0 Å². The molecule has 0 aliphatic rings. The van der Waals surface area contributed by atoms with Crippen molar-refractivity contribution in [2.75, 3.05) is 13.6 Å². The molecule has 20 heavy (non-hydrogen) atoms. The topological polar surface area (TPSA) is 59.2 Å². The van der Waals surface area contributed by atoms with Crippen molar-refractivity contribution in [3.63, 3.8) is 0 Å². The van der Waals surface area contributed by atoms with Crippen LogP contribution in [-0.2, 0) is 0 Å². The minimum absolute atomic E-state index is 0.0144. The normalized spacial score (nSPS) is 12.3. The zero-order valence-electron chi connectivity index (χ0n) is 12.9. The Morgan fingerprint density at radius 3 is 2.70 bits per heavy atom. The third kappa shape index (κ3) is 3.82. The van der Waals surface area contributed by atoms with Crippen molar-refractivity contribution in [1.82, 2.24) is 9.88 Å². The fraction of sp³-hybridized carbons (Fsp3) is 0.500. The van der Waals surface area contributed by atoms with E-state index in [4.69, 9.17) is 5.73 Å². The molecule has 1 aromatic heterocycles. The van der Waals surface area contributed by atoms with Crippen LogP contribution in [0.25, 0.3) is 0 Å². The molecule has 1 aromatic rings. The summed E-state index contributed by atoms with van der Waals surface area (Å²) in [5, 5.41) is 0. The number of carbonyl (C=O) groups is 1. The summed E-state index contributed by atoms with van der Waals surface area (Å²) >= 11 is 0. The van der Waals surface area contributed by atoms with Crippen LogP contribution in [0.2, 0.25) is 0 Å². The van der Waals surface area contributed by atoms with E-state index in [2.05, 4.69) is 37.6 Å².